The van der Waals surface area contributed by atoms with Crippen LogP contribution in [0.4, 0.5) is 4.39 Å². The minimum absolute atomic E-state index is 0.0426. The summed E-state index contributed by atoms with van der Waals surface area (Å²) in [6.07, 6.45) is 2.44. The molecule has 0 spiro atoms. The van der Waals surface area contributed by atoms with E-state index in [4.69, 9.17) is 0 Å². The Labute approximate surface area is 132 Å². The SMILES string of the molecule is O=C(NNC(=O)C1C2CCC(C2)C1C(=O)O)c1ccc(F)cc1. The van der Waals surface area contributed by atoms with E-state index in [1.807, 2.05) is 0 Å². The molecule has 2 amide bonds. The van der Waals surface area contributed by atoms with Crippen LogP contribution in [0, 0.1) is 29.5 Å². The van der Waals surface area contributed by atoms with Crippen molar-refractivity contribution in [1.82, 2.24) is 10.9 Å². The van der Waals surface area contributed by atoms with E-state index < -0.39 is 35.4 Å². The Morgan fingerprint density at radius 1 is 1.00 bits per heavy atom. The zero-order valence-electron chi connectivity index (χ0n) is 12.3. The average molecular weight is 320 g/mol. The smallest absolute Gasteiger partial charge is 0.307 e. The number of hydrazine groups is 1. The summed E-state index contributed by atoms with van der Waals surface area (Å²) < 4.78 is 12.8. The summed E-state index contributed by atoms with van der Waals surface area (Å²) in [5.74, 6) is -3.66. The maximum Gasteiger partial charge on any atom is 0.307 e. The molecule has 7 heteroatoms. The molecule has 0 saturated heterocycles. The van der Waals surface area contributed by atoms with Gasteiger partial charge in [0, 0.05) is 5.56 Å². The molecule has 2 saturated carbocycles. The van der Waals surface area contributed by atoms with E-state index in [0.29, 0.717) is 0 Å². The highest BCUT2D eigenvalue weighted by Crippen LogP contribution is 2.52. The minimum atomic E-state index is -0.956. The summed E-state index contributed by atoms with van der Waals surface area (Å²) in [4.78, 5) is 35.6. The van der Waals surface area contributed by atoms with Crippen LogP contribution in [0.15, 0.2) is 24.3 Å². The highest BCUT2D eigenvalue weighted by molar-refractivity contribution is 5.96. The minimum Gasteiger partial charge on any atom is -0.481 e. The molecule has 23 heavy (non-hydrogen) atoms. The summed E-state index contributed by atoms with van der Waals surface area (Å²) in [5, 5.41) is 9.33. The number of carbonyl (C=O) groups excluding carboxylic acids is 2. The van der Waals surface area contributed by atoms with Gasteiger partial charge in [-0.1, -0.05) is 0 Å². The number of amides is 2. The lowest BCUT2D eigenvalue weighted by Crippen LogP contribution is -2.48. The number of fused-ring (bicyclic) bond motifs is 2. The van der Waals surface area contributed by atoms with Gasteiger partial charge >= 0.3 is 5.97 Å². The lowest BCUT2D eigenvalue weighted by Gasteiger charge is -2.26. The molecule has 1 aromatic rings. The molecule has 2 aliphatic rings. The predicted octanol–water partition coefficient (Wildman–Crippen LogP) is 1.33. The van der Waals surface area contributed by atoms with Gasteiger partial charge in [-0.05, 0) is 55.4 Å². The summed E-state index contributed by atoms with van der Waals surface area (Å²) >= 11 is 0. The molecule has 6 nitrogen and oxygen atoms in total. The Balaban J connectivity index is 1.62. The molecule has 122 valence electrons. The molecule has 3 rings (SSSR count). The van der Waals surface area contributed by atoms with Gasteiger partial charge in [-0.3, -0.25) is 25.2 Å². The van der Waals surface area contributed by atoms with E-state index >= 15 is 0 Å². The van der Waals surface area contributed by atoms with Crippen LogP contribution in [0.1, 0.15) is 29.6 Å². The van der Waals surface area contributed by atoms with E-state index in [-0.39, 0.29) is 17.4 Å². The summed E-state index contributed by atoms with van der Waals surface area (Å²) in [6, 6.07) is 4.89. The average Bonchev–Trinajstić information content (AvgIpc) is 3.13. The molecule has 0 heterocycles. The Morgan fingerprint density at radius 2 is 1.61 bits per heavy atom. The molecule has 2 bridgehead atoms. The number of halogens is 1. The number of hydrogen-bond donors (Lipinski definition) is 3. The van der Waals surface area contributed by atoms with E-state index in [9.17, 15) is 23.9 Å². The summed E-state index contributed by atoms with van der Waals surface area (Å²) in [5.41, 5.74) is 4.77. The van der Waals surface area contributed by atoms with Crippen LogP contribution in [0.5, 0.6) is 0 Å². The van der Waals surface area contributed by atoms with Crippen LogP contribution >= 0.6 is 0 Å². The number of carboxylic acid groups (broad SMARTS) is 1. The molecule has 3 N–H and O–H groups in total. The van der Waals surface area contributed by atoms with Gasteiger partial charge in [0.25, 0.3) is 5.91 Å². The van der Waals surface area contributed by atoms with Crippen molar-refractivity contribution in [1.29, 1.82) is 0 Å². The van der Waals surface area contributed by atoms with Gasteiger partial charge in [0.2, 0.25) is 5.91 Å². The Bertz CT molecular complexity index is 646. The molecule has 2 aliphatic carbocycles. The van der Waals surface area contributed by atoms with Gasteiger partial charge in [-0.15, -0.1) is 0 Å². The second-order valence-electron chi connectivity index (χ2n) is 6.17. The van der Waals surface area contributed by atoms with Gasteiger partial charge < -0.3 is 5.11 Å². The van der Waals surface area contributed by atoms with Crippen LogP contribution in [0.25, 0.3) is 0 Å². The van der Waals surface area contributed by atoms with Crippen LogP contribution in [-0.2, 0) is 9.59 Å². The van der Waals surface area contributed by atoms with Crippen molar-refractivity contribution in [2.45, 2.75) is 19.3 Å². The first kappa shape index (κ1) is 15.5. The Kier molecular flexibility index (Phi) is 4.02. The number of benzene rings is 1. The maximum atomic E-state index is 12.8. The number of carbonyl (C=O) groups is 3. The second-order valence-corrected chi connectivity index (χ2v) is 6.17. The lowest BCUT2D eigenvalue weighted by molar-refractivity contribution is -0.149. The highest BCUT2D eigenvalue weighted by Gasteiger charge is 2.54. The molecule has 4 unspecified atom stereocenters. The quantitative estimate of drug-likeness (QED) is 0.732. The maximum absolute atomic E-state index is 12.8. The molecule has 1 aromatic carbocycles. The normalized spacial score (nSPS) is 28.4. The lowest BCUT2D eigenvalue weighted by atomic mass is 9.79. The van der Waals surface area contributed by atoms with E-state index in [0.717, 1.165) is 31.4 Å². The molecule has 0 aliphatic heterocycles. The van der Waals surface area contributed by atoms with Crippen LogP contribution in [-0.4, -0.2) is 22.9 Å². The fourth-order valence-electron chi connectivity index (χ4n) is 3.90. The third kappa shape index (κ3) is 2.91. The fraction of sp³-hybridized carbons (Fsp3) is 0.438. The van der Waals surface area contributed by atoms with Crippen molar-refractivity contribution in [3.05, 3.63) is 35.6 Å². The van der Waals surface area contributed by atoms with E-state index in [1.54, 1.807) is 0 Å². The van der Waals surface area contributed by atoms with Crippen molar-refractivity contribution in [3.63, 3.8) is 0 Å². The predicted molar refractivity (Wildman–Crippen MR) is 77.5 cm³/mol. The number of aliphatic carboxylic acids is 1. The molecular formula is C16H17FN2O4. The summed E-state index contributed by atoms with van der Waals surface area (Å²) in [6.45, 7) is 0. The first-order valence-electron chi connectivity index (χ1n) is 7.56. The zero-order valence-corrected chi connectivity index (χ0v) is 12.3. The third-order valence-electron chi connectivity index (χ3n) is 4.91. The molecule has 4 atom stereocenters. The molecule has 0 radical (unpaired) electrons. The summed E-state index contributed by atoms with van der Waals surface area (Å²) in [7, 11) is 0. The van der Waals surface area contributed by atoms with Crippen molar-refractivity contribution in [2.24, 2.45) is 23.7 Å². The van der Waals surface area contributed by atoms with Gasteiger partial charge in [0.15, 0.2) is 0 Å². The van der Waals surface area contributed by atoms with Crippen LogP contribution in [0.2, 0.25) is 0 Å². The van der Waals surface area contributed by atoms with Crippen molar-refractivity contribution in [3.8, 4) is 0 Å². The Hall–Kier alpha value is -2.44. The first-order chi connectivity index (χ1) is 11.0. The fourth-order valence-corrected chi connectivity index (χ4v) is 3.90. The first-order valence-corrected chi connectivity index (χ1v) is 7.56. The van der Waals surface area contributed by atoms with Crippen LogP contribution < -0.4 is 10.9 Å². The van der Waals surface area contributed by atoms with Gasteiger partial charge in [-0.2, -0.15) is 0 Å². The van der Waals surface area contributed by atoms with Crippen LogP contribution in [0.3, 0.4) is 0 Å². The zero-order chi connectivity index (χ0) is 16.6. The van der Waals surface area contributed by atoms with Crippen molar-refractivity contribution in [2.75, 3.05) is 0 Å². The van der Waals surface area contributed by atoms with Crippen molar-refractivity contribution < 1.29 is 23.9 Å². The second kappa shape index (κ2) is 5.98. The molecule has 0 aromatic heterocycles. The largest absolute Gasteiger partial charge is 0.481 e. The standard InChI is InChI=1S/C16H17FN2O4/c17-11-5-3-8(4-6-11)14(20)18-19-15(21)12-9-1-2-10(7-9)13(12)16(22)23/h3-6,9-10,12-13H,1-2,7H2,(H,18,20)(H,19,21)(H,22,23). The van der Waals surface area contributed by atoms with Crippen molar-refractivity contribution >= 4 is 17.8 Å². The topological polar surface area (TPSA) is 95.5 Å². The molecule has 2 fully saturated rings. The van der Waals surface area contributed by atoms with Gasteiger partial charge in [0.1, 0.15) is 5.82 Å². The highest BCUT2D eigenvalue weighted by atomic mass is 19.1. The number of carboxylic acids is 1. The van der Waals surface area contributed by atoms with E-state index in [2.05, 4.69) is 10.9 Å². The Morgan fingerprint density at radius 3 is 2.22 bits per heavy atom. The number of nitrogens with one attached hydrogen (secondary N) is 2. The number of rotatable bonds is 3. The van der Waals surface area contributed by atoms with Gasteiger partial charge in [-0.25, -0.2) is 4.39 Å². The monoisotopic (exact) mass is 320 g/mol. The number of hydrogen-bond acceptors (Lipinski definition) is 3. The third-order valence-corrected chi connectivity index (χ3v) is 4.91. The van der Waals surface area contributed by atoms with E-state index in [1.165, 1.54) is 12.1 Å². The molecular weight excluding hydrogens is 303 g/mol. The van der Waals surface area contributed by atoms with Gasteiger partial charge in [0.05, 0.1) is 11.8 Å².